The Bertz CT molecular complexity index is 456. The van der Waals surface area contributed by atoms with Crippen LogP contribution >= 0.6 is 0 Å². The van der Waals surface area contributed by atoms with Gasteiger partial charge in [0.15, 0.2) is 0 Å². The molecule has 0 heterocycles. The van der Waals surface area contributed by atoms with Gasteiger partial charge in [-0.3, -0.25) is 13.9 Å². The highest BCUT2D eigenvalue weighted by molar-refractivity contribution is 7.89. The van der Waals surface area contributed by atoms with Gasteiger partial charge in [-0.1, -0.05) is 0 Å². The second kappa shape index (κ2) is 3.61. The van der Waals surface area contributed by atoms with Crippen molar-refractivity contribution < 1.29 is 48.3 Å². The Morgan fingerprint density at radius 3 is 1.12 bits per heavy atom. The van der Waals surface area contributed by atoms with Gasteiger partial charge in [0, 0.05) is 0 Å². The Balaban J connectivity index is 5.77. The molecule has 0 aliphatic rings. The van der Waals surface area contributed by atoms with Crippen LogP contribution in [-0.4, -0.2) is 42.2 Å². The number of rotatable bonds is 4. The molecule has 0 rings (SSSR count). The lowest BCUT2D eigenvalue weighted by Gasteiger charge is -2.16. The van der Waals surface area contributed by atoms with Gasteiger partial charge in [0.1, 0.15) is 0 Å². The summed E-state index contributed by atoms with van der Waals surface area (Å²) in [5.74, 6) is -3.98. The van der Waals surface area contributed by atoms with E-state index in [0.29, 0.717) is 0 Å². The molecule has 0 aliphatic heterocycles. The van der Waals surface area contributed by atoms with E-state index in [1.54, 1.807) is 0 Å². The van der Waals surface area contributed by atoms with Crippen molar-refractivity contribution >= 4 is 26.0 Å². The van der Waals surface area contributed by atoms with Crippen LogP contribution in [0.25, 0.3) is 0 Å². The summed E-state index contributed by atoms with van der Waals surface area (Å²) in [6.07, 6.45) is 0. The van der Waals surface area contributed by atoms with Crippen molar-refractivity contribution in [1.82, 2.24) is 0 Å². The highest BCUT2D eigenvalue weighted by Crippen LogP contribution is 2.33. The maximum atomic E-state index is 12.3. The quantitative estimate of drug-likeness (QED) is 0.528. The summed E-state index contributed by atoms with van der Waals surface area (Å²) in [6, 6.07) is 0. The molecular formula is C3H2F4O7S2. The Labute approximate surface area is 85.6 Å². The molecular weight excluding hydrogens is 288 g/mol. The van der Waals surface area contributed by atoms with Crippen molar-refractivity contribution in [1.29, 1.82) is 0 Å². The van der Waals surface area contributed by atoms with Crippen molar-refractivity contribution in [3.63, 3.8) is 0 Å². The zero-order valence-electron chi connectivity index (χ0n) is 6.76. The minimum atomic E-state index is -6.58. The summed E-state index contributed by atoms with van der Waals surface area (Å²) in [5, 5.41) is -12.1. The molecule has 0 fully saturated rings. The molecule has 0 aromatic rings. The molecule has 13 heteroatoms. The molecule has 0 aliphatic carbocycles. The molecule has 0 saturated heterocycles. The maximum Gasteiger partial charge on any atom is 0.434 e. The second-order valence-corrected chi connectivity index (χ2v) is 5.24. The summed E-state index contributed by atoms with van der Waals surface area (Å²) >= 11 is 0. The molecule has 96 valence electrons. The molecule has 0 bridgehead atoms. The Morgan fingerprint density at radius 1 is 0.812 bits per heavy atom. The fraction of sp³-hybridized carbons (Fsp3) is 0.667. The Morgan fingerprint density at radius 2 is 1.00 bits per heavy atom. The van der Waals surface area contributed by atoms with Crippen molar-refractivity contribution in [3.8, 4) is 0 Å². The van der Waals surface area contributed by atoms with Crippen LogP contribution in [0.5, 0.6) is 0 Å². The van der Waals surface area contributed by atoms with Crippen LogP contribution in [0.4, 0.5) is 17.6 Å². The molecule has 2 N–H and O–H groups in total. The van der Waals surface area contributed by atoms with Crippen LogP contribution in [0.2, 0.25) is 0 Å². The smallest absolute Gasteiger partial charge is 0.283 e. The molecule has 0 aromatic carbocycles. The number of carbonyl (C=O) groups excluding carboxylic acids is 1. The normalized spacial score (nSPS) is 14.9. The highest BCUT2D eigenvalue weighted by atomic mass is 32.2. The predicted octanol–water partition coefficient (Wildman–Crippen LogP) is -0.483. The molecule has 0 radical (unpaired) electrons. The van der Waals surface area contributed by atoms with Gasteiger partial charge in [0.2, 0.25) is 0 Å². The Kier molecular flexibility index (Phi) is 3.43. The monoisotopic (exact) mass is 290 g/mol. The lowest BCUT2D eigenvalue weighted by molar-refractivity contribution is -0.149. The van der Waals surface area contributed by atoms with Crippen LogP contribution in [0.3, 0.4) is 0 Å². The van der Waals surface area contributed by atoms with Crippen LogP contribution in [0, 0.1) is 0 Å². The highest BCUT2D eigenvalue weighted by Gasteiger charge is 2.67. The predicted molar refractivity (Wildman–Crippen MR) is 38.0 cm³/mol. The number of halogens is 4. The van der Waals surface area contributed by atoms with Crippen LogP contribution in [-0.2, 0) is 25.0 Å². The van der Waals surface area contributed by atoms with E-state index in [0.717, 1.165) is 0 Å². The van der Waals surface area contributed by atoms with E-state index >= 15 is 0 Å². The number of Topliss-reactive ketones (excluding diaryl/α,β-unsaturated/α-hetero) is 1. The van der Waals surface area contributed by atoms with Crippen LogP contribution in [0.15, 0.2) is 0 Å². The lowest BCUT2D eigenvalue weighted by Crippen LogP contribution is -2.51. The maximum absolute atomic E-state index is 12.3. The first kappa shape index (κ1) is 15.2. The van der Waals surface area contributed by atoms with E-state index in [1.165, 1.54) is 0 Å². The van der Waals surface area contributed by atoms with E-state index in [9.17, 15) is 39.2 Å². The van der Waals surface area contributed by atoms with Crippen molar-refractivity contribution in [2.24, 2.45) is 0 Å². The van der Waals surface area contributed by atoms with Gasteiger partial charge in [-0.05, 0) is 0 Å². The standard InChI is InChI=1S/C3H2F4O7S2/c4-2(5,15(9,10)11)1(8)3(6,7)16(12,13)14/h(H,9,10,11)(H,12,13,14). The third-order valence-electron chi connectivity index (χ3n) is 1.18. The second-order valence-electron chi connectivity index (χ2n) is 2.31. The van der Waals surface area contributed by atoms with Crippen molar-refractivity contribution in [2.75, 3.05) is 0 Å². The molecule has 0 unspecified atom stereocenters. The first-order chi connectivity index (χ1) is 6.65. The number of hydrogen-bond acceptors (Lipinski definition) is 5. The minimum absolute atomic E-state index is 3.98. The molecule has 7 nitrogen and oxygen atoms in total. The van der Waals surface area contributed by atoms with Gasteiger partial charge in [-0.25, -0.2) is 0 Å². The van der Waals surface area contributed by atoms with Gasteiger partial charge in [0.05, 0.1) is 0 Å². The van der Waals surface area contributed by atoms with E-state index in [1.807, 2.05) is 0 Å². The van der Waals surface area contributed by atoms with E-state index in [2.05, 4.69) is 0 Å². The van der Waals surface area contributed by atoms with Crippen molar-refractivity contribution in [3.05, 3.63) is 0 Å². The third-order valence-corrected chi connectivity index (χ3v) is 2.84. The summed E-state index contributed by atoms with van der Waals surface area (Å²) in [7, 11) is -13.2. The van der Waals surface area contributed by atoms with Gasteiger partial charge in [-0.2, -0.15) is 34.4 Å². The molecule has 16 heavy (non-hydrogen) atoms. The van der Waals surface area contributed by atoms with Gasteiger partial charge >= 0.3 is 36.5 Å². The van der Waals surface area contributed by atoms with Gasteiger partial charge < -0.3 is 0 Å². The fourth-order valence-electron chi connectivity index (χ4n) is 0.404. The molecule has 0 amide bonds. The topological polar surface area (TPSA) is 126 Å². The SMILES string of the molecule is O=C(C(F)(F)S(=O)(=O)O)C(F)(F)S(=O)(=O)O. The molecule has 0 saturated carbocycles. The number of carbonyl (C=O) groups is 1. The zero-order chi connectivity index (χ0) is 13.6. The zero-order valence-corrected chi connectivity index (χ0v) is 8.40. The van der Waals surface area contributed by atoms with E-state index in [4.69, 9.17) is 9.11 Å². The third kappa shape index (κ3) is 2.31. The van der Waals surface area contributed by atoms with E-state index in [-0.39, 0.29) is 0 Å². The minimum Gasteiger partial charge on any atom is -0.283 e. The fourth-order valence-corrected chi connectivity index (χ4v) is 1.19. The summed E-state index contributed by atoms with van der Waals surface area (Å²) in [5.41, 5.74) is 0. The Hall–Kier alpha value is -0.790. The average molecular weight is 290 g/mol. The first-order valence-electron chi connectivity index (χ1n) is 2.90. The summed E-state index contributed by atoms with van der Waals surface area (Å²) < 4.78 is 104. The van der Waals surface area contributed by atoms with Crippen molar-refractivity contribution in [2.45, 2.75) is 10.5 Å². The number of ketones is 1. The van der Waals surface area contributed by atoms with Gasteiger partial charge in [0.25, 0.3) is 0 Å². The van der Waals surface area contributed by atoms with E-state index < -0.39 is 36.5 Å². The lowest BCUT2D eigenvalue weighted by atomic mass is 10.4. The number of alkyl halides is 4. The largest absolute Gasteiger partial charge is 0.434 e. The number of hydrogen-bond donors (Lipinski definition) is 2. The molecule has 0 atom stereocenters. The average Bonchev–Trinajstić information content (AvgIpc) is 1.98. The summed E-state index contributed by atoms with van der Waals surface area (Å²) in [6.45, 7) is 0. The van der Waals surface area contributed by atoms with Crippen LogP contribution in [0.1, 0.15) is 0 Å². The summed E-state index contributed by atoms with van der Waals surface area (Å²) in [4.78, 5) is 10.2. The van der Waals surface area contributed by atoms with Crippen LogP contribution < -0.4 is 0 Å². The van der Waals surface area contributed by atoms with Gasteiger partial charge in [-0.15, -0.1) is 0 Å². The first-order valence-corrected chi connectivity index (χ1v) is 5.78. The molecule has 0 spiro atoms. The molecule has 0 aromatic heterocycles.